The van der Waals surface area contributed by atoms with Crippen LogP contribution in [-0.2, 0) is 4.74 Å². The SMILES string of the molecule is COC(=O)c1ccnc(-c2ccncc2)c1Cl. The minimum atomic E-state index is -0.479. The molecule has 0 aromatic carbocycles. The molecule has 0 aliphatic carbocycles. The van der Waals surface area contributed by atoms with Gasteiger partial charge in [0.2, 0.25) is 0 Å². The maximum Gasteiger partial charge on any atom is 0.339 e. The fraction of sp³-hybridized carbons (Fsp3) is 0.0833. The van der Waals surface area contributed by atoms with Crippen LogP contribution in [0.5, 0.6) is 0 Å². The number of methoxy groups -OCH3 is 1. The molecule has 0 amide bonds. The number of carbonyl (C=O) groups excluding carboxylic acids is 1. The van der Waals surface area contributed by atoms with Crippen LogP contribution >= 0.6 is 11.6 Å². The Kier molecular flexibility index (Phi) is 3.35. The molecule has 2 aromatic heterocycles. The molecule has 0 fully saturated rings. The Hall–Kier alpha value is -1.94. The van der Waals surface area contributed by atoms with E-state index in [0.717, 1.165) is 5.56 Å². The van der Waals surface area contributed by atoms with Gasteiger partial charge in [-0.3, -0.25) is 9.97 Å². The van der Waals surface area contributed by atoms with Crippen molar-refractivity contribution in [3.05, 3.63) is 47.4 Å². The molecule has 0 aliphatic heterocycles. The van der Waals surface area contributed by atoms with Gasteiger partial charge in [-0.25, -0.2) is 4.79 Å². The van der Waals surface area contributed by atoms with E-state index in [1.165, 1.54) is 19.4 Å². The highest BCUT2D eigenvalue weighted by Crippen LogP contribution is 2.28. The summed E-state index contributed by atoms with van der Waals surface area (Å²) in [6, 6.07) is 5.07. The van der Waals surface area contributed by atoms with Gasteiger partial charge in [-0.15, -0.1) is 0 Å². The minimum absolute atomic E-state index is 0.283. The van der Waals surface area contributed by atoms with Crippen molar-refractivity contribution >= 4 is 17.6 Å². The summed E-state index contributed by atoms with van der Waals surface area (Å²) in [4.78, 5) is 19.5. The van der Waals surface area contributed by atoms with Gasteiger partial charge in [0.05, 0.1) is 23.4 Å². The van der Waals surface area contributed by atoms with Gasteiger partial charge in [-0.05, 0) is 18.2 Å². The van der Waals surface area contributed by atoms with Crippen molar-refractivity contribution in [1.82, 2.24) is 9.97 Å². The molecule has 5 heteroatoms. The first-order valence-electron chi connectivity index (χ1n) is 4.87. The zero-order valence-corrected chi connectivity index (χ0v) is 9.81. The lowest BCUT2D eigenvalue weighted by molar-refractivity contribution is 0.0601. The van der Waals surface area contributed by atoms with Gasteiger partial charge in [0.15, 0.2) is 0 Å². The van der Waals surface area contributed by atoms with Crippen LogP contribution < -0.4 is 0 Å². The van der Waals surface area contributed by atoms with Gasteiger partial charge in [-0.2, -0.15) is 0 Å². The lowest BCUT2D eigenvalue weighted by Gasteiger charge is -2.06. The van der Waals surface area contributed by atoms with Crippen molar-refractivity contribution in [2.24, 2.45) is 0 Å². The van der Waals surface area contributed by atoms with E-state index in [1.807, 2.05) is 0 Å². The van der Waals surface area contributed by atoms with Crippen molar-refractivity contribution < 1.29 is 9.53 Å². The van der Waals surface area contributed by atoms with Crippen LogP contribution in [0.2, 0.25) is 5.02 Å². The second kappa shape index (κ2) is 4.93. The van der Waals surface area contributed by atoms with Gasteiger partial charge < -0.3 is 4.74 Å². The number of aromatic nitrogens is 2. The summed E-state index contributed by atoms with van der Waals surface area (Å²) in [6.45, 7) is 0. The van der Waals surface area contributed by atoms with Gasteiger partial charge in [0, 0.05) is 24.2 Å². The molecule has 0 radical (unpaired) electrons. The number of rotatable bonds is 2. The number of nitrogens with zero attached hydrogens (tertiary/aromatic N) is 2. The summed E-state index contributed by atoms with van der Waals surface area (Å²) < 4.78 is 4.64. The molecule has 86 valence electrons. The molecular formula is C12H9ClN2O2. The van der Waals surface area contributed by atoms with E-state index in [1.54, 1.807) is 24.5 Å². The summed E-state index contributed by atoms with van der Waals surface area (Å²) in [5, 5.41) is 0.283. The summed E-state index contributed by atoms with van der Waals surface area (Å²) in [7, 11) is 1.31. The first-order chi connectivity index (χ1) is 8.24. The van der Waals surface area contributed by atoms with Crippen LogP contribution in [0, 0.1) is 0 Å². The molecule has 17 heavy (non-hydrogen) atoms. The lowest BCUT2D eigenvalue weighted by atomic mass is 10.1. The third-order valence-electron chi connectivity index (χ3n) is 2.25. The zero-order valence-electron chi connectivity index (χ0n) is 9.05. The first kappa shape index (κ1) is 11.5. The van der Waals surface area contributed by atoms with E-state index >= 15 is 0 Å². The summed E-state index contributed by atoms with van der Waals surface area (Å²) >= 11 is 6.13. The standard InChI is InChI=1S/C12H9ClN2O2/c1-17-12(16)9-4-7-15-11(10(9)13)8-2-5-14-6-3-8/h2-7H,1H3. The van der Waals surface area contributed by atoms with Crippen LogP contribution in [0.1, 0.15) is 10.4 Å². The van der Waals surface area contributed by atoms with Gasteiger partial charge >= 0.3 is 5.97 Å². The number of carbonyl (C=O) groups is 1. The normalized spacial score (nSPS) is 10.0. The van der Waals surface area contributed by atoms with Crippen molar-refractivity contribution in [3.63, 3.8) is 0 Å². The Balaban J connectivity index is 2.54. The third kappa shape index (κ3) is 2.26. The number of ether oxygens (including phenoxy) is 1. The predicted octanol–water partition coefficient (Wildman–Crippen LogP) is 2.58. The molecule has 0 saturated heterocycles. The Morgan fingerprint density at radius 1 is 1.24 bits per heavy atom. The molecule has 0 aliphatic rings. The van der Waals surface area contributed by atoms with Crippen LogP contribution in [0.15, 0.2) is 36.8 Å². The fourth-order valence-electron chi connectivity index (χ4n) is 1.42. The maximum absolute atomic E-state index is 11.5. The molecule has 4 nitrogen and oxygen atoms in total. The molecule has 0 saturated carbocycles. The molecule has 0 N–H and O–H groups in total. The number of pyridine rings is 2. The molecule has 0 atom stereocenters. The summed E-state index contributed by atoms with van der Waals surface area (Å²) in [5.74, 6) is -0.479. The highest BCUT2D eigenvalue weighted by atomic mass is 35.5. The van der Waals surface area contributed by atoms with E-state index in [2.05, 4.69) is 14.7 Å². The smallest absolute Gasteiger partial charge is 0.339 e. The molecule has 2 aromatic rings. The minimum Gasteiger partial charge on any atom is -0.465 e. The topological polar surface area (TPSA) is 52.1 Å². The van der Waals surface area contributed by atoms with E-state index in [4.69, 9.17) is 11.6 Å². The van der Waals surface area contributed by atoms with E-state index in [0.29, 0.717) is 11.3 Å². The second-order valence-electron chi connectivity index (χ2n) is 3.25. The van der Waals surface area contributed by atoms with E-state index < -0.39 is 5.97 Å². The summed E-state index contributed by atoms with van der Waals surface area (Å²) in [6.07, 6.45) is 4.80. The molecule has 0 bridgehead atoms. The second-order valence-corrected chi connectivity index (χ2v) is 3.63. The van der Waals surface area contributed by atoms with Crippen LogP contribution in [0.3, 0.4) is 0 Å². The van der Waals surface area contributed by atoms with E-state index in [-0.39, 0.29) is 5.02 Å². The number of hydrogen-bond donors (Lipinski definition) is 0. The van der Waals surface area contributed by atoms with Gasteiger partial charge in [-0.1, -0.05) is 11.6 Å². The predicted molar refractivity (Wildman–Crippen MR) is 63.8 cm³/mol. The highest BCUT2D eigenvalue weighted by molar-refractivity contribution is 6.35. The Morgan fingerprint density at radius 3 is 2.59 bits per heavy atom. The van der Waals surface area contributed by atoms with Crippen LogP contribution in [-0.4, -0.2) is 23.0 Å². The highest BCUT2D eigenvalue weighted by Gasteiger charge is 2.15. The first-order valence-corrected chi connectivity index (χ1v) is 5.25. The van der Waals surface area contributed by atoms with Gasteiger partial charge in [0.1, 0.15) is 0 Å². The number of hydrogen-bond acceptors (Lipinski definition) is 4. The Labute approximate surface area is 103 Å². The molecule has 2 rings (SSSR count). The lowest BCUT2D eigenvalue weighted by Crippen LogP contribution is -2.03. The van der Waals surface area contributed by atoms with Crippen molar-refractivity contribution in [2.75, 3.05) is 7.11 Å². The number of halogens is 1. The van der Waals surface area contributed by atoms with Crippen molar-refractivity contribution in [1.29, 1.82) is 0 Å². The van der Waals surface area contributed by atoms with Crippen LogP contribution in [0.4, 0.5) is 0 Å². The third-order valence-corrected chi connectivity index (χ3v) is 2.63. The largest absolute Gasteiger partial charge is 0.465 e. The van der Waals surface area contributed by atoms with E-state index in [9.17, 15) is 4.79 Å². The number of esters is 1. The van der Waals surface area contributed by atoms with Gasteiger partial charge in [0.25, 0.3) is 0 Å². The molecule has 0 unspecified atom stereocenters. The average Bonchev–Trinajstić information content (AvgIpc) is 2.39. The van der Waals surface area contributed by atoms with Crippen molar-refractivity contribution in [3.8, 4) is 11.3 Å². The monoisotopic (exact) mass is 248 g/mol. The van der Waals surface area contributed by atoms with Crippen molar-refractivity contribution in [2.45, 2.75) is 0 Å². The Bertz CT molecular complexity index is 543. The quantitative estimate of drug-likeness (QED) is 0.767. The van der Waals surface area contributed by atoms with Crippen LogP contribution in [0.25, 0.3) is 11.3 Å². The molecule has 0 spiro atoms. The molecule has 2 heterocycles. The Morgan fingerprint density at radius 2 is 1.94 bits per heavy atom. The molecular weight excluding hydrogens is 240 g/mol. The fourth-order valence-corrected chi connectivity index (χ4v) is 1.72. The average molecular weight is 249 g/mol. The maximum atomic E-state index is 11.5. The summed E-state index contributed by atoms with van der Waals surface area (Å²) in [5.41, 5.74) is 1.64. The zero-order chi connectivity index (χ0) is 12.3.